The number of hydrogen-bond acceptors (Lipinski definition) is 6. The van der Waals surface area contributed by atoms with Crippen molar-refractivity contribution in [2.45, 2.75) is 0 Å². The van der Waals surface area contributed by atoms with Crippen LogP contribution >= 0.6 is 11.3 Å². The molecule has 0 saturated carbocycles. The minimum absolute atomic E-state index is 0.0934. The van der Waals surface area contributed by atoms with Gasteiger partial charge < -0.3 is 14.4 Å². The van der Waals surface area contributed by atoms with E-state index in [2.05, 4.69) is 0 Å². The molecular formula is C25H25N3O3S. The number of likely N-dealkylation sites (N-methyl/N-ethyl adjacent to an activating group) is 1. The number of nitrogens with zero attached hydrogens (tertiary/aromatic N) is 3. The molecule has 0 atom stereocenters. The maximum absolute atomic E-state index is 13.4. The lowest BCUT2D eigenvalue weighted by molar-refractivity contribution is 0.0985. The van der Waals surface area contributed by atoms with E-state index >= 15 is 0 Å². The third-order valence-electron chi connectivity index (χ3n) is 4.91. The van der Waals surface area contributed by atoms with Crippen molar-refractivity contribution < 1.29 is 14.3 Å². The molecule has 164 valence electrons. The van der Waals surface area contributed by atoms with Gasteiger partial charge in [0.05, 0.1) is 17.3 Å². The summed E-state index contributed by atoms with van der Waals surface area (Å²) >= 11 is 1.50. The van der Waals surface area contributed by atoms with Crippen molar-refractivity contribution in [1.29, 1.82) is 0 Å². The molecule has 0 aliphatic carbocycles. The molecule has 0 saturated heterocycles. The molecule has 0 aliphatic heterocycles. The molecule has 0 radical (unpaired) electrons. The Hall–Kier alpha value is -3.42. The average molecular weight is 448 g/mol. The molecule has 1 amide bonds. The fraction of sp³-hybridized carbons (Fsp3) is 0.200. The number of thiazole rings is 1. The van der Waals surface area contributed by atoms with Crippen molar-refractivity contribution in [2.24, 2.45) is 0 Å². The van der Waals surface area contributed by atoms with Gasteiger partial charge in [-0.2, -0.15) is 0 Å². The van der Waals surface area contributed by atoms with Gasteiger partial charge in [0.25, 0.3) is 5.91 Å². The van der Waals surface area contributed by atoms with Gasteiger partial charge in [-0.15, -0.1) is 0 Å². The molecule has 1 aromatic heterocycles. The largest absolute Gasteiger partial charge is 0.497 e. The smallest absolute Gasteiger partial charge is 0.260 e. The van der Waals surface area contributed by atoms with Crippen molar-refractivity contribution in [3.8, 4) is 17.2 Å². The highest BCUT2D eigenvalue weighted by molar-refractivity contribution is 7.22. The third kappa shape index (κ3) is 5.07. The average Bonchev–Trinajstić information content (AvgIpc) is 3.23. The number of rotatable bonds is 8. The van der Waals surface area contributed by atoms with Crippen LogP contribution in [-0.2, 0) is 0 Å². The zero-order chi connectivity index (χ0) is 22.5. The number of aromatic nitrogens is 1. The second-order valence-electron chi connectivity index (χ2n) is 7.53. The van der Waals surface area contributed by atoms with E-state index in [-0.39, 0.29) is 5.91 Å². The molecule has 3 aromatic carbocycles. The topological polar surface area (TPSA) is 54.9 Å². The maximum atomic E-state index is 13.4. The quantitative estimate of drug-likeness (QED) is 0.367. The summed E-state index contributed by atoms with van der Waals surface area (Å²) in [6.07, 6.45) is 0. The van der Waals surface area contributed by atoms with E-state index in [1.165, 1.54) is 11.3 Å². The zero-order valence-electron chi connectivity index (χ0n) is 18.3. The lowest BCUT2D eigenvalue weighted by atomic mass is 10.2. The summed E-state index contributed by atoms with van der Waals surface area (Å²) in [5.41, 5.74) is 1.40. The Morgan fingerprint density at radius 1 is 0.906 bits per heavy atom. The molecule has 0 spiro atoms. The SMILES string of the molecule is COc1ccc2sc(N(CCN(C)C)C(=O)c3ccc(Oc4ccccc4)cc3)nc2c1. The first-order valence-corrected chi connectivity index (χ1v) is 11.1. The van der Waals surface area contributed by atoms with Gasteiger partial charge in [0.15, 0.2) is 5.13 Å². The molecule has 0 unspecified atom stereocenters. The van der Waals surface area contributed by atoms with Gasteiger partial charge in [0.2, 0.25) is 0 Å². The Labute approximate surface area is 191 Å². The fourth-order valence-corrected chi connectivity index (χ4v) is 4.14. The number of hydrogen-bond donors (Lipinski definition) is 0. The standard InChI is InChI=1S/C25H25N3O3S/c1-27(2)15-16-28(25-26-22-17-21(30-3)13-14-23(22)32-25)24(29)18-9-11-20(12-10-18)31-19-7-5-4-6-8-19/h4-14,17H,15-16H2,1-3H3. The van der Waals surface area contributed by atoms with Gasteiger partial charge in [-0.1, -0.05) is 29.5 Å². The lowest BCUT2D eigenvalue weighted by Crippen LogP contribution is -2.36. The monoisotopic (exact) mass is 447 g/mol. The number of anilines is 1. The summed E-state index contributed by atoms with van der Waals surface area (Å²) in [6.45, 7) is 1.26. The van der Waals surface area contributed by atoms with Crippen molar-refractivity contribution >= 4 is 32.6 Å². The second-order valence-corrected chi connectivity index (χ2v) is 8.54. The molecule has 7 heteroatoms. The minimum Gasteiger partial charge on any atom is -0.497 e. The van der Waals surface area contributed by atoms with Crippen LogP contribution in [0.2, 0.25) is 0 Å². The van der Waals surface area contributed by atoms with Gasteiger partial charge in [-0.05, 0) is 62.6 Å². The van der Waals surface area contributed by atoms with Crippen LogP contribution < -0.4 is 14.4 Å². The summed E-state index contributed by atoms with van der Waals surface area (Å²) in [7, 11) is 5.61. The van der Waals surface area contributed by atoms with Gasteiger partial charge in [0.1, 0.15) is 17.2 Å². The number of fused-ring (bicyclic) bond motifs is 1. The lowest BCUT2D eigenvalue weighted by Gasteiger charge is -2.22. The number of amides is 1. The second kappa shape index (κ2) is 9.80. The molecule has 0 bridgehead atoms. The number of benzene rings is 3. The van der Waals surface area contributed by atoms with Crippen LogP contribution in [0.25, 0.3) is 10.2 Å². The van der Waals surface area contributed by atoms with E-state index in [1.807, 2.05) is 79.7 Å². The van der Waals surface area contributed by atoms with Crippen LogP contribution in [0.3, 0.4) is 0 Å². The van der Waals surface area contributed by atoms with Crippen LogP contribution in [0.1, 0.15) is 10.4 Å². The molecule has 6 nitrogen and oxygen atoms in total. The molecule has 4 aromatic rings. The first-order chi connectivity index (χ1) is 15.5. The highest BCUT2D eigenvalue weighted by Gasteiger charge is 2.21. The zero-order valence-corrected chi connectivity index (χ0v) is 19.1. The van der Waals surface area contributed by atoms with Crippen LogP contribution in [0.5, 0.6) is 17.2 Å². The fourth-order valence-electron chi connectivity index (χ4n) is 3.17. The minimum atomic E-state index is -0.0934. The van der Waals surface area contributed by atoms with Crippen LogP contribution in [0.4, 0.5) is 5.13 Å². The van der Waals surface area contributed by atoms with Gasteiger partial charge in [0, 0.05) is 24.7 Å². The number of para-hydroxylation sites is 1. The summed E-state index contributed by atoms with van der Waals surface area (Å²) in [4.78, 5) is 21.9. The summed E-state index contributed by atoms with van der Waals surface area (Å²) < 4.78 is 12.2. The van der Waals surface area contributed by atoms with Crippen molar-refractivity contribution in [3.05, 3.63) is 78.4 Å². The molecule has 4 rings (SSSR count). The number of methoxy groups -OCH3 is 1. The van der Waals surface area contributed by atoms with E-state index in [0.29, 0.717) is 23.0 Å². The van der Waals surface area contributed by atoms with Gasteiger partial charge in [-0.3, -0.25) is 9.69 Å². The highest BCUT2D eigenvalue weighted by Crippen LogP contribution is 2.32. The third-order valence-corrected chi connectivity index (χ3v) is 5.97. The van der Waals surface area contributed by atoms with Crippen LogP contribution in [-0.4, -0.2) is 50.1 Å². The predicted molar refractivity (Wildman–Crippen MR) is 129 cm³/mol. The van der Waals surface area contributed by atoms with Gasteiger partial charge >= 0.3 is 0 Å². The Kier molecular flexibility index (Phi) is 6.68. The van der Waals surface area contributed by atoms with E-state index in [9.17, 15) is 4.79 Å². The molecule has 32 heavy (non-hydrogen) atoms. The molecule has 0 fully saturated rings. The molecule has 0 N–H and O–H groups in total. The number of carbonyl (C=O) groups is 1. The first kappa shape index (κ1) is 21.8. The van der Waals surface area contributed by atoms with E-state index < -0.39 is 0 Å². The van der Waals surface area contributed by atoms with Crippen molar-refractivity contribution in [1.82, 2.24) is 9.88 Å². The number of carbonyl (C=O) groups excluding carboxylic acids is 1. The summed E-state index contributed by atoms with van der Waals surface area (Å²) in [5.74, 6) is 2.09. The van der Waals surface area contributed by atoms with Crippen molar-refractivity contribution in [2.75, 3.05) is 39.2 Å². The Morgan fingerprint density at radius 2 is 1.59 bits per heavy atom. The molecular weight excluding hydrogens is 422 g/mol. The van der Waals surface area contributed by atoms with E-state index in [4.69, 9.17) is 14.5 Å². The molecule has 0 aliphatic rings. The Bertz CT molecular complexity index is 1190. The highest BCUT2D eigenvalue weighted by atomic mass is 32.1. The summed E-state index contributed by atoms with van der Waals surface area (Å²) in [5, 5.41) is 0.671. The Balaban J connectivity index is 1.59. The predicted octanol–water partition coefficient (Wildman–Crippen LogP) is 5.31. The summed E-state index contributed by atoms with van der Waals surface area (Å²) in [6, 6.07) is 22.5. The molecule has 1 heterocycles. The van der Waals surface area contributed by atoms with Crippen LogP contribution in [0, 0.1) is 0 Å². The van der Waals surface area contributed by atoms with Crippen LogP contribution in [0.15, 0.2) is 72.8 Å². The van der Waals surface area contributed by atoms with E-state index in [0.717, 1.165) is 28.3 Å². The van der Waals surface area contributed by atoms with E-state index in [1.54, 1.807) is 24.1 Å². The van der Waals surface area contributed by atoms with Crippen molar-refractivity contribution in [3.63, 3.8) is 0 Å². The number of ether oxygens (including phenoxy) is 2. The van der Waals surface area contributed by atoms with Gasteiger partial charge in [-0.25, -0.2) is 4.98 Å². The first-order valence-electron chi connectivity index (χ1n) is 10.3. The maximum Gasteiger partial charge on any atom is 0.260 e. The Morgan fingerprint density at radius 3 is 2.28 bits per heavy atom. The normalized spacial score (nSPS) is 11.0.